The van der Waals surface area contributed by atoms with E-state index in [9.17, 15) is 10.1 Å². The predicted molar refractivity (Wildman–Crippen MR) is 87.5 cm³/mol. The molecule has 1 atom stereocenters. The van der Waals surface area contributed by atoms with E-state index in [0.29, 0.717) is 41.8 Å². The second kappa shape index (κ2) is 6.13. The minimum absolute atomic E-state index is 0.175. The van der Waals surface area contributed by atoms with Gasteiger partial charge in [0.15, 0.2) is 5.82 Å². The van der Waals surface area contributed by atoms with Gasteiger partial charge in [0.25, 0.3) is 0 Å². The smallest absolute Gasteiger partial charge is 0.223 e. The molecule has 8 heteroatoms. The van der Waals surface area contributed by atoms with Gasteiger partial charge in [0.2, 0.25) is 11.8 Å². The first kappa shape index (κ1) is 16.3. The number of benzene rings is 1. The van der Waals surface area contributed by atoms with E-state index in [1.807, 2.05) is 4.90 Å². The van der Waals surface area contributed by atoms with Crippen LogP contribution in [0.5, 0.6) is 0 Å². The second-order valence-electron chi connectivity index (χ2n) is 5.85. The van der Waals surface area contributed by atoms with E-state index in [4.69, 9.17) is 16.1 Å². The summed E-state index contributed by atoms with van der Waals surface area (Å²) < 4.78 is 5.08. The zero-order valence-corrected chi connectivity index (χ0v) is 14.1. The molecule has 1 aromatic carbocycles. The number of amides is 1. The van der Waals surface area contributed by atoms with Gasteiger partial charge in [0.05, 0.1) is 11.3 Å². The number of carbonyl (C=O) groups excluding carboxylic acids is 1. The van der Waals surface area contributed by atoms with Gasteiger partial charge in [-0.3, -0.25) is 4.79 Å². The van der Waals surface area contributed by atoms with Crippen molar-refractivity contribution in [3.8, 4) is 6.07 Å². The molecular formula is C16H16ClN5O2. The molecule has 1 N–H and O–H groups in total. The standard InChI is InChI=1S/C16H16ClN5O2/c1-10(23)20-16(15-19-11(2)24-21-15)5-6-22(9-16)14-7-13(17)4-3-12(14)8-18/h3-4,7H,5-6,9H2,1-2H3,(H,20,23). The van der Waals surface area contributed by atoms with Gasteiger partial charge < -0.3 is 14.7 Å². The maximum Gasteiger partial charge on any atom is 0.223 e. The maximum absolute atomic E-state index is 11.7. The molecule has 1 amide bonds. The summed E-state index contributed by atoms with van der Waals surface area (Å²) in [6, 6.07) is 7.30. The number of nitrogens with one attached hydrogen (secondary N) is 1. The Morgan fingerprint density at radius 2 is 2.33 bits per heavy atom. The quantitative estimate of drug-likeness (QED) is 0.915. The zero-order valence-electron chi connectivity index (χ0n) is 13.3. The molecule has 0 bridgehead atoms. The summed E-state index contributed by atoms with van der Waals surface area (Å²) in [5.74, 6) is 0.706. The van der Waals surface area contributed by atoms with Crippen molar-refractivity contribution >= 4 is 23.2 Å². The van der Waals surface area contributed by atoms with Crippen LogP contribution in [0.2, 0.25) is 5.02 Å². The van der Waals surface area contributed by atoms with Crippen LogP contribution in [-0.4, -0.2) is 29.1 Å². The monoisotopic (exact) mass is 345 g/mol. The van der Waals surface area contributed by atoms with Crippen LogP contribution in [0.15, 0.2) is 22.7 Å². The van der Waals surface area contributed by atoms with Crippen molar-refractivity contribution in [2.24, 2.45) is 0 Å². The topological polar surface area (TPSA) is 95.1 Å². The second-order valence-corrected chi connectivity index (χ2v) is 6.28. The Morgan fingerprint density at radius 1 is 1.54 bits per heavy atom. The fourth-order valence-corrected chi connectivity index (χ4v) is 3.21. The molecule has 7 nitrogen and oxygen atoms in total. The lowest BCUT2D eigenvalue weighted by atomic mass is 9.97. The van der Waals surface area contributed by atoms with Crippen LogP contribution in [0, 0.1) is 18.3 Å². The van der Waals surface area contributed by atoms with E-state index in [0.717, 1.165) is 5.69 Å². The van der Waals surface area contributed by atoms with Crippen LogP contribution in [0.3, 0.4) is 0 Å². The predicted octanol–water partition coefficient (Wildman–Crippen LogP) is 2.14. The van der Waals surface area contributed by atoms with Gasteiger partial charge in [0.1, 0.15) is 11.6 Å². The number of halogens is 1. The van der Waals surface area contributed by atoms with Gasteiger partial charge in [-0.05, 0) is 24.6 Å². The van der Waals surface area contributed by atoms with Crippen LogP contribution in [0.4, 0.5) is 5.69 Å². The van der Waals surface area contributed by atoms with Gasteiger partial charge in [-0.25, -0.2) is 0 Å². The number of aryl methyl sites for hydroxylation is 1. The van der Waals surface area contributed by atoms with Gasteiger partial charge in [-0.15, -0.1) is 0 Å². The summed E-state index contributed by atoms with van der Waals surface area (Å²) in [5, 5.41) is 16.8. The molecule has 0 spiro atoms. The van der Waals surface area contributed by atoms with E-state index in [2.05, 4.69) is 21.5 Å². The molecular weight excluding hydrogens is 330 g/mol. The number of nitriles is 1. The van der Waals surface area contributed by atoms with Crippen LogP contribution in [-0.2, 0) is 10.3 Å². The molecule has 1 saturated heterocycles. The first-order chi connectivity index (χ1) is 11.4. The van der Waals surface area contributed by atoms with Gasteiger partial charge >= 0.3 is 0 Å². The number of hydrogen-bond acceptors (Lipinski definition) is 6. The van der Waals surface area contributed by atoms with Crippen molar-refractivity contribution in [2.75, 3.05) is 18.0 Å². The highest BCUT2D eigenvalue weighted by molar-refractivity contribution is 6.30. The van der Waals surface area contributed by atoms with Crippen molar-refractivity contribution in [1.82, 2.24) is 15.5 Å². The van der Waals surface area contributed by atoms with Crippen LogP contribution < -0.4 is 10.2 Å². The van der Waals surface area contributed by atoms with Crippen molar-refractivity contribution in [2.45, 2.75) is 25.8 Å². The minimum Gasteiger partial charge on any atom is -0.367 e. The summed E-state index contributed by atoms with van der Waals surface area (Å²) in [6.07, 6.45) is 0.600. The third-order valence-corrected chi connectivity index (χ3v) is 4.30. The molecule has 1 fully saturated rings. The Kier molecular flexibility index (Phi) is 4.16. The van der Waals surface area contributed by atoms with E-state index in [1.165, 1.54) is 6.92 Å². The van der Waals surface area contributed by atoms with E-state index in [-0.39, 0.29) is 5.91 Å². The van der Waals surface area contributed by atoms with Crippen LogP contribution >= 0.6 is 11.6 Å². The Morgan fingerprint density at radius 3 is 2.96 bits per heavy atom. The van der Waals surface area contributed by atoms with E-state index >= 15 is 0 Å². The lowest BCUT2D eigenvalue weighted by molar-refractivity contribution is -0.120. The average Bonchev–Trinajstić information content (AvgIpc) is 3.14. The summed E-state index contributed by atoms with van der Waals surface area (Å²) in [5.41, 5.74) is 0.512. The fourth-order valence-electron chi connectivity index (χ4n) is 3.05. The van der Waals surface area contributed by atoms with E-state index in [1.54, 1.807) is 25.1 Å². The normalized spacial score (nSPS) is 20.0. The van der Waals surface area contributed by atoms with Crippen molar-refractivity contribution in [3.63, 3.8) is 0 Å². The summed E-state index contributed by atoms with van der Waals surface area (Å²) in [6.45, 7) is 4.22. The molecule has 1 aliphatic rings. The van der Waals surface area contributed by atoms with Gasteiger partial charge in [-0.1, -0.05) is 16.8 Å². The molecule has 0 aliphatic carbocycles. The number of carbonyl (C=O) groups is 1. The molecule has 1 aromatic heterocycles. The largest absolute Gasteiger partial charge is 0.367 e. The number of aromatic nitrogens is 2. The molecule has 1 unspecified atom stereocenters. The average molecular weight is 346 g/mol. The Hall–Kier alpha value is -2.59. The maximum atomic E-state index is 11.7. The molecule has 2 aromatic rings. The van der Waals surface area contributed by atoms with Gasteiger partial charge in [-0.2, -0.15) is 10.2 Å². The third kappa shape index (κ3) is 2.93. The number of rotatable bonds is 3. The molecule has 24 heavy (non-hydrogen) atoms. The lowest BCUT2D eigenvalue weighted by Gasteiger charge is -2.27. The fraction of sp³-hybridized carbons (Fsp3) is 0.375. The Balaban J connectivity index is 1.98. The SMILES string of the molecule is CC(=O)NC1(c2noc(C)n2)CCN(c2cc(Cl)ccc2C#N)C1. The van der Waals surface area contributed by atoms with Crippen molar-refractivity contribution < 1.29 is 9.32 Å². The van der Waals surface area contributed by atoms with Crippen molar-refractivity contribution in [3.05, 3.63) is 40.5 Å². The van der Waals surface area contributed by atoms with Gasteiger partial charge in [0, 0.05) is 32.0 Å². The minimum atomic E-state index is -0.751. The van der Waals surface area contributed by atoms with Crippen molar-refractivity contribution in [1.29, 1.82) is 5.26 Å². The Labute approximate surface area is 144 Å². The zero-order chi connectivity index (χ0) is 17.3. The molecule has 0 radical (unpaired) electrons. The summed E-state index contributed by atoms with van der Waals surface area (Å²) >= 11 is 6.08. The van der Waals surface area contributed by atoms with E-state index < -0.39 is 5.54 Å². The number of hydrogen-bond donors (Lipinski definition) is 1. The first-order valence-corrected chi connectivity index (χ1v) is 7.85. The summed E-state index contributed by atoms with van der Waals surface area (Å²) in [7, 11) is 0. The Bertz CT molecular complexity index is 828. The highest BCUT2D eigenvalue weighted by Crippen LogP contribution is 2.35. The van der Waals surface area contributed by atoms with Crippen LogP contribution in [0.1, 0.15) is 30.6 Å². The summed E-state index contributed by atoms with van der Waals surface area (Å²) in [4.78, 5) is 18.0. The molecule has 3 rings (SSSR count). The third-order valence-electron chi connectivity index (χ3n) is 4.06. The number of nitrogens with zero attached hydrogens (tertiary/aromatic N) is 4. The first-order valence-electron chi connectivity index (χ1n) is 7.48. The molecule has 0 saturated carbocycles. The highest BCUT2D eigenvalue weighted by Gasteiger charge is 2.44. The lowest BCUT2D eigenvalue weighted by Crippen LogP contribution is -2.48. The molecule has 1 aliphatic heterocycles. The molecule has 2 heterocycles. The molecule has 124 valence electrons. The highest BCUT2D eigenvalue weighted by atomic mass is 35.5. The number of anilines is 1. The van der Waals surface area contributed by atoms with Crippen LogP contribution in [0.25, 0.3) is 0 Å².